The zero-order chi connectivity index (χ0) is 34.2. The number of ether oxygens (including phenoxy) is 1. The van der Waals surface area contributed by atoms with Gasteiger partial charge < -0.3 is 21.1 Å². The summed E-state index contributed by atoms with van der Waals surface area (Å²) in [6.45, 7) is 4.11. The molecule has 1 heterocycles. The predicted molar refractivity (Wildman–Crippen MR) is 196 cm³/mol. The maximum atomic E-state index is 10.8. The average Bonchev–Trinajstić information content (AvgIpc) is 3.14. The van der Waals surface area contributed by atoms with Gasteiger partial charge in [-0.15, -0.1) is 0 Å². The second kappa shape index (κ2) is 14.9. The third-order valence-corrected chi connectivity index (χ3v) is 7.99. The van der Waals surface area contributed by atoms with Crippen molar-refractivity contribution in [1.29, 1.82) is 0 Å². The van der Waals surface area contributed by atoms with Crippen LogP contribution < -0.4 is 21.1 Å². The van der Waals surface area contributed by atoms with Crippen molar-refractivity contribution >= 4 is 34.1 Å². The highest BCUT2D eigenvalue weighted by molar-refractivity contribution is 5.77. The van der Waals surface area contributed by atoms with Crippen molar-refractivity contribution in [3.05, 3.63) is 144 Å². The molecule has 0 aliphatic carbocycles. The minimum absolute atomic E-state index is 0.0165. The Morgan fingerprint density at radius 3 is 1.65 bits per heavy atom. The van der Waals surface area contributed by atoms with Crippen LogP contribution in [0.3, 0.4) is 0 Å². The number of nitrogen functional groups attached to an aromatic ring is 2. The molecule has 1 aromatic heterocycles. The van der Waals surface area contributed by atoms with E-state index in [0.717, 1.165) is 51.6 Å². The number of aromatic nitrogens is 1. The van der Waals surface area contributed by atoms with Gasteiger partial charge in [0.1, 0.15) is 12.4 Å². The summed E-state index contributed by atoms with van der Waals surface area (Å²) in [7, 11) is 0. The summed E-state index contributed by atoms with van der Waals surface area (Å²) in [6.07, 6.45) is 0. The van der Waals surface area contributed by atoms with E-state index in [9.17, 15) is 10.1 Å². The largest absolute Gasteiger partial charge is 0.492 e. The minimum Gasteiger partial charge on any atom is -0.492 e. The Bertz CT molecular complexity index is 1980. The normalized spacial score (nSPS) is 11.0. The first-order valence-corrected chi connectivity index (χ1v) is 15.8. The van der Waals surface area contributed by atoms with Gasteiger partial charge in [0.05, 0.1) is 34.2 Å². The van der Waals surface area contributed by atoms with Crippen LogP contribution in [0.2, 0.25) is 0 Å². The van der Waals surface area contributed by atoms with Crippen LogP contribution in [0, 0.1) is 10.1 Å². The molecule has 4 N–H and O–H groups in total. The summed E-state index contributed by atoms with van der Waals surface area (Å²) in [4.78, 5) is 17.6. The molecule has 49 heavy (non-hydrogen) atoms. The number of rotatable bonds is 12. The first kappa shape index (κ1) is 32.4. The smallest absolute Gasteiger partial charge is 0.269 e. The first-order valence-electron chi connectivity index (χ1n) is 15.8. The Kier molecular flexibility index (Phi) is 9.85. The first-order chi connectivity index (χ1) is 23.8. The SMILES string of the molecule is CCN(CCOc1ccc(-c2cc(-c3ccc(N)cc3)nc(-c3ccc(N)cc3)c2)cc1)c1ccc(N=Nc2ccc([N+](=O)[O-])cc2)cc1. The highest BCUT2D eigenvalue weighted by Crippen LogP contribution is 2.32. The second-order valence-electron chi connectivity index (χ2n) is 11.3. The molecule has 0 amide bonds. The van der Waals surface area contributed by atoms with E-state index in [2.05, 4.69) is 46.3 Å². The average molecular weight is 650 g/mol. The lowest BCUT2D eigenvalue weighted by Gasteiger charge is -2.23. The molecule has 6 rings (SSSR count). The van der Waals surface area contributed by atoms with Crippen LogP contribution in [0.25, 0.3) is 33.6 Å². The van der Waals surface area contributed by atoms with Gasteiger partial charge in [0.25, 0.3) is 5.69 Å². The lowest BCUT2D eigenvalue weighted by Crippen LogP contribution is -2.27. The molecule has 0 spiro atoms. The Morgan fingerprint density at radius 2 is 1.16 bits per heavy atom. The van der Waals surface area contributed by atoms with E-state index in [-0.39, 0.29) is 5.69 Å². The van der Waals surface area contributed by atoms with Gasteiger partial charge in [-0.25, -0.2) is 4.98 Å². The van der Waals surface area contributed by atoms with Crippen LogP contribution in [0.4, 0.5) is 34.1 Å². The summed E-state index contributed by atoms with van der Waals surface area (Å²) < 4.78 is 6.14. The van der Waals surface area contributed by atoms with Crippen LogP contribution in [0.5, 0.6) is 5.75 Å². The third-order valence-electron chi connectivity index (χ3n) is 7.99. The zero-order valence-electron chi connectivity index (χ0n) is 26.9. The number of nitro groups is 1. The maximum Gasteiger partial charge on any atom is 0.269 e. The highest BCUT2D eigenvalue weighted by atomic mass is 16.6. The molecule has 0 saturated carbocycles. The van der Waals surface area contributed by atoms with E-state index < -0.39 is 4.92 Å². The number of pyridine rings is 1. The lowest BCUT2D eigenvalue weighted by atomic mass is 9.99. The number of nitro benzene ring substituents is 1. The summed E-state index contributed by atoms with van der Waals surface area (Å²) in [5.74, 6) is 0.786. The Balaban J connectivity index is 1.10. The molecule has 244 valence electrons. The molecule has 0 aliphatic rings. The highest BCUT2D eigenvalue weighted by Gasteiger charge is 2.11. The number of nitrogens with zero attached hydrogens (tertiary/aromatic N) is 5. The van der Waals surface area contributed by atoms with Crippen LogP contribution in [0.1, 0.15) is 6.92 Å². The van der Waals surface area contributed by atoms with Gasteiger partial charge in [0, 0.05) is 46.9 Å². The lowest BCUT2D eigenvalue weighted by molar-refractivity contribution is -0.384. The number of azo groups is 1. The number of likely N-dealkylation sites (N-methyl/N-ethyl adjacent to an activating group) is 1. The number of non-ortho nitro benzene ring substituents is 1. The Hall–Kier alpha value is -6.55. The molecule has 0 radical (unpaired) electrons. The summed E-state index contributed by atoms with van der Waals surface area (Å²) in [5.41, 5.74) is 21.3. The van der Waals surface area contributed by atoms with E-state index in [1.165, 1.54) is 12.1 Å². The maximum absolute atomic E-state index is 10.8. The number of benzene rings is 5. The van der Waals surface area contributed by atoms with E-state index in [1.54, 1.807) is 12.1 Å². The number of nitrogens with two attached hydrogens (primary N) is 2. The van der Waals surface area contributed by atoms with Gasteiger partial charge in [0.15, 0.2) is 0 Å². The quantitative estimate of drug-likeness (QED) is 0.0581. The van der Waals surface area contributed by atoms with Crippen molar-refractivity contribution in [2.75, 3.05) is 36.1 Å². The summed E-state index contributed by atoms with van der Waals surface area (Å²) >= 11 is 0. The van der Waals surface area contributed by atoms with Gasteiger partial charge in [-0.1, -0.05) is 36.4 Å². The van der Waals surface area contributed by atoms with E-state index in [1.807, 2.05) is 84.9 Å². The number of anilines is 3. The van der Waals surface area contributed by atoms with Crippen LogP contribution in [-0.4, -0.2) is 29.6 Å². The Labute approximate surface area is 284 Å². The molecule has 0 bridgehead atoms. The minimum atomic E-state index is -0.442. The molecular formula is C39H35N7O3. The fraction of sp³-hybridized carbons (Fsp3) is 0.103. The van der Waals surface area contributed by atoms with Crippen molar-refractivity contribution in [2.24, 2.45) is 10.2 Å². The monoisotopic (exact) mass is 649 g/mol. The van der Waals surface area contributed by atoms with Crippen molar-refractivity contribution in [1.82, 2.24) is 4.98 Å². The van der Waals surface area contributed by atoms with Crippen LogP contribution in [-0.2, 0) is 0 Å². The molecule has 5 aromatic carbocycles. The summed E-state index contributed by atoms with van der Waals surface area (Å²) in [6, 6.07) is 41.5. The molecule has 10 nitrogen and oxygen atoms in total. The standard InChI is InChI=1S/C39H35N7O3/c1-2-45(35-17-13-33(14-18-35)43-44-34-15-19-36(20-16-34)46(47)48)23-24-49-37-21-7-27(8-22-37)30-25-38(28-3-9-31(40)10-4-28)42-39(26-30)29-5-11-32(41)12-6-29/h3-22,25-26H,2,23-24,40-41H2,1H3. The fourth-order valence-electron chi connectivity index (χ4n) is 5.27. The number of hydrogen-bond acceptors (Lipinski definition) is 9. The van der Waals surface area contributed by atoms with E-state index >= 15 is 0 Å². The van der Waals surface area contributed by atoms with Gasteiger partial charge in [-0.05, 0) is 103 Å². The Morgan fingerprint density at radius 1 is 0.673 bits per heavy atom. The van der Waals surface area contributed by atoms with Crippen molar-refractivity contribution in [2.45, 2.75) is 6.92 Å². The second-order valence-corrected chi connectivity index (χ2v) is 11.3. The van der Waals surface area contributed by atoms with E-state index in [0.29, 0.717) is 35.9 Å². The van der Waals surface area contributed by atoms with Crippen molar-refractivity contribution < 1.29 is 9.66 Å². The van der Waals surface area contributed by atoms with Gasteiger partial charge in [0.2, 0.25) is 0 Å². The molecule has 6 aromatic rings. The molecule has 0 saturated heterocycles. The van der Waals surface area contributed by atoms with Crippen molar-refractivity contribution in [3.8, 4) is 39.4 Å². The van der Waals surface area contributed by atoms with Gasteiger partial charge in [-0.2, -0.15) is 10.2 Å². The molecule has 0 unspecified atom stereocenters. The van der Waals surface area contributed by atoms with Crippen LogP contribution in [0.15, 0.2) is 144 Å². The third kappa shape index (κ3) is 8.25. The topological polar surface area (TPSA) is 145 Å². The number of hydrogen-bond donors (Lipinski definition) is 2. The fourth-order valence-corrected chi connectivity index (χ4v) is 5.27. The van der Waals surface area contributed by atoms with Gasteiger partial charge in [-0.3, -0.25) is 10.1 Å². The van der Waals surface area contributed by atoms with Gasteiger partial charge >= 0.3 is 0 Å². The molecule has 0 fully saturated rings. The van der Waals surface area contributed by atoms with Crippen molar-refractivity contribution in [3.63, 3.8) is 0 Å². The molecular weight excluding hydrogens is 614 g/mol. The predicted octanol–water partition coefficient (Wildman–Crippen LogP) is 9.48. The molecule has 0 atom stereocenters. The van der Waals surface area contributed by atoms with Crippen LogP contribution >= 0.6 is 0 Å². The van der Waals surface area contributed by atoms with E-state index in [4.69, 9.17) is 21.2 Å². The zero-order valence-corrected chi connectivity index (χ0v) is 26.9. The summed E-state index contributed by atoms with van der Waals surface area (Å²) in [5, 5.41) is 19.3. The molecule has 10 heteroatoms. The molecule has 0 aliphatic heterocycles.